The minimum atomic E-state index is -3.46. The van der Waals surface area contributed by atoms with Crippen LogP contribution < -0.4 is 10.5 Å². The van der Waals surface area contributed by atoms with Crippen molar-refractivity contribution in [2.75, 3.05) is 12.3 Å². The Morgan fingerprint density at radius 1 is 1.16 bits per heavy atom. The Balaban J connectivity index is 3.19. The number of aryl methyl sites for hydroxylation is 1. The minimum Gasteiger partial charge on any atom is -0.398 e. The molecular formula is C14H24N2O2S. The van der Waals surface area contributed by atoms with E-state index in [0.29, 0.717) is 29.1 Å². The second-order valence-electron chi connectivity index (χ2n) is 4.62. The average molecular weight is 284 g/mol. The monoisotopic (exact) mass is 284 g/mol. The summed E-state index contributed by atoms with van der Waals surface area (Å²) in [6, 6.07) is 3.60. The number of nitrogen functional groups attached to an aromatic ring is 1. The number of unbranched alkanes of at least 4 members (excludes halogenated alkanes) is 1. The molecule has 3 N–H and O–H groups in total. The highest BCUT2D eigenvalue weighted by Crippen LogP contribution is 2.25. The number of benzene rings is 1. The van der Waals surface area contributed by atoms with E-state index < -0.39 is 10.0 Å². The van der Waals surface area contributed by atoms with Crippen molar-refractivity contribution in [3.63, 3.8) is 0 Å². The zero-order valence-electron chi connectivity index (χ0n) is 12.0. The van der Waals surface area contributed by atoms with Gasteiger partial charge in [0, 0.05) is 12.2 Å². The van der Waals surface area contributed by atoms with E-state index in [0.717, 1.165) is 24.8 Å². The summed E-state index contributed by atoms with van der Waals surface area (Å²) >= 11 is 0. The van der Waals surface area contributed by atoms with E-state index in [9.17, 15) is 8.42 Å². The van der Waals surface area contributed by atoms with E-state index in [1.807, 2.05) is 26.8 Å². The number of hydrogen-bond donors (Lipinski definition) is 2. The van der Waals surface area contributed by atoms with Crippen molar-refractivity contribution in [3.05, 3.63) is 23.3 Å². The second-order valence-corrected chi connectivity index (χ2v) is 6.36. The van der Waals surface area contributed by atoms with Crippen LogP contribution in [0.5, 0.6) is 0 Å². The van der Waals surface area contributed by atoms with Gasteiger partial charge in [-0.3, -0.25) is 0 Å². The molecule has 0 spiro atoms. The van der Waals surface area contributed by atoms with E-state index in [4.69, 9.17) is 5.73 Å². The van der Waals surface area contributed by atoms with Crippen LogP contribution in [0.3, 0.4) is 0 Å². The first-order valence-corrected chi connectivity index (χ1v) is 8.35. The van der Waals surface area contributed by atoms with Crippen LogP contribution in [0.4, 0.5) is 5.69 Å². The van der Waals surface area contributed by atoms with E-state index in [2.05, 4.69) is 4.72 Å². The lowest BCUT2D eigenvalue weighted by Gasteiger charge is -2.14. The number of nitrogens with one attached hydrogen (secondary N) is 1. The molecule has 0 saturated heterocycles. The summed E-state index contributed by atoms with van der Waals surface area (Å²) in [5.74, 6) is 0. The maximum Gasteiger partial charge on any atom is 0.240 e. The first kappa shape index (κ1) is 16.0. The molecule has 4 nitrogen and oxygen atoms in total. The summed E-state index contributed by atoms with van der Waals surface area (Å²) in [5, 5.41) is 0. The molecular weight excluding hydrogens is 260 g/mol. The van der Waals surface area contributed by atoms with Gasteiger partial charge in [0.05, 0.1) is 4.90 Å². The summed E-state index contributed by atoms with van der Waals surface area (Å²) in [6.45, 7) is 6.41. The maximum atomic E-state index is 12.3. The van der Waals surface area contributed by atoms with Gasteiger partial charge in [0.1, 0.15) is 0 Å². The van der Waals surface area contributed by atoms with Crippen LogP contribution in [0.15, 0.2) is 17.0 Å². The number of hydrogen-bond acceptors (Lipinski definition) is 3. The Bertz CT molecular complexity index is 524. The van der Waals surface area contributed by atoms with Gasteiger partial charge in [0.2, 0.25) is 10.0 Å². The molecule has 5 heteroatoms. The highest BCUT2D eigenvalue weighted by molar-refractivity contribution is 7.89. The third kappa shape index (κ3) is 3.94. The average Bonchev–Trinajstić information content (AvgIpc) is 2.37. The van der Waals surface area contributed by atoms with E-state index in [-0.39, 0.29) is 0 Å². The molecule has 1 aromatic rings. The predicted molar refractivity (Wildman–Crippen MR) is 79.7 cm³/mol. The van der Waals surface area contributed by atoms with Crippen LogP contribution in [0.25, 0.3) is 0 Å². The standard InChI is InChI=1S/C14H24N2O2S/c1-4-7-8-16-19(17,18)14-10-11(5-2)9-13(15)12(14)6-3/h9-10,16H,4-8,15H2,1-3H3. The van der Waals surface area contributed by atoms with Crippen molar-refractivity contribution in [1.29, 1.82) is 0 Å². The zero-order valence-corrected chi connectivity index (χ0v) is 12.8. The predicted octanol–water partition coefficient (Wildman–Crippen LogP) is 2.47. The molecule has 0 aliphatic rings. The lowest BCUT2D eigenvalue weighted by Crippen LogP contribution is -2.26. The Morgan fingerprint density at radius 3 is 2.37 bits per heavy atom. The molecule has 0 saturated carbocycles. The van der Waals surface area contributed by atoms with Crippen molar-refractivity contribution in [2.45, 2.75) is 51.3 Å². The third-order valence-electron chi connectivity index (χ3n) is 3.18. The SMILES string of the molecule is CCCCNS(=O)(=O)c1cc(CC)cc(N)c1CC. The Morgan fingerprint density at radius 2 is 1.84 bits per heavy atom. The fraction of sp³-hybridized carbons (Fsp3) is 0.571. The quantitative estimate of drug-likeness (QED) is 0.597. The summed E-state index contributed by atoms with van der Waals surface area (Å²) in [5.41, 5.74) is 8.19. The molecule has 0 fully saturated rings. The van der Waals surface area contributed by atoms with Crippen molar-refractivity contribution in [3.8, 4) is 0 Å². The third-order valence-corrected chi connectivity index (χ3v) is 4.70. The summed E-state index contributed by atoms with van der Waals surface area (Å²) in [7, 11) is -3.46. The molecule has 0 aliphatic carbocycles. The van der Waals surface area contributed by atoms with Crippen molar-refractivity contribution in [1.82, 2.24) is 4.72 Å². The van der Waals surface area contributed by atoms with Gasteiger partial charge in [-0.2, -0.15) is 0 Å². The molecule has 0 bridgehead atoms. The Kier molecular flexibility index (Phi) is 5.82. The highest BCUT2D eigenvalue weighted by atomic mass is 32.2. The topological polar surface area (TPSA) is 72.2 Å². The van der Waals surface area contributed by atoms with Gasteiger partial charge in [-0.15, -0.1) is 0 Å². The van der Waals surface area contributed by atoms with Gasteiger partial charge < -0.3 is 5.73 Å². The van der Waals surface area contributed by atoms with Gasteiger partial charge >= 0.3 is 0 Å². The van der Waals surface area contributed by atoms with E-state index in [1.165, 1.54) is 0 Å². The fourth-order valence-electron chi connectivity index (χ4n) is 2.01. The first-order valence-electron chi connectivity index (χ1n) is 6.87. The normalized spacial score (nSPS) is 11.7. The molecule has 19 heavy (non-hydrogen) atoms. The molecule has 0 radical (unpaired) electrons. The van der Waals surface area contributed by atoms with Crippen molar-refractivity contribution >= 4 is 15.7 Å². The van der Waals surface area contributed by atoms with Crippen LogP contribution >= 0.6 is 0 Å². The number of anilines is 1. The van der Waals surface area contributed by atoms with Crippen LogP contribution in [0.2, 0.25) is 0 Å². The minimum absolute atomic E-state index is 0.336. The van der Waals surface area contributed by atoms with Gasteiger partial charge in [0.15, 0.2) is 0 Å². The van der Waals surface area contributed by atoms with Crippen molar-refractivity contribution in [2.24, 2.45) is 0 Å². The molecule has 108 valence electrons. The Labute approximate surface area is 116 Å². The van der Waals surface area contributed by atoms with Gasteiger partial charge in [-0.25, -0.2) is 13.1 Å². The first-order chi connectivity index (χ1) is 8.96. The van der Waals surface area contributed by atoms with Crippen LogP contribution in [0.1, 0.15) is 44.7 Å². The summed E-state index contributed by atoms with van der Waals surface area (Å²) < 4.78 is 27.3. The van der Waals surface area contributed by atoms with Gasteiger partial charge in [-0.1, -0.05) is 27.2 Å². The lowest BCUT2D eigenvalue weighted by molar-refractivity contribution is 0.577. The lowest BCUT2D eigenvalue weighted by atomic mass is 10.1. The zero-order chi connectivity index (χ0) is 14.5. The Hall–Kier alpha value is -1.07. The number of sulfonamides is 1. The molecule has 0 heterocycles. The van der Waals surface area contributed by atoms with E-state index >= 15 is 0 Å². The van der Waals surface area contributed by atoms with Crippen LogP contribution in [-0.4, -0.2) is 15.0 Å². The highest BCUT2D eigenvalue weighted by Gasteiger charge is 2.19. The maximum absolute atomic E-state index is 12.3. The molecule has 0 aromatic heterocycles. The smallest absolute Gasteiger partial charge is 0.240 e. The number of nitrogens with two attached hydrogens (primary N) is 1. The van der Waals surface area contributed by atoms with Gasteiger partial charge in [-0.05, 0) is 42.5 Å². The fourth-order valence-corrected chi connectivity index (χ4v) is 3.47. The van der Waals surface area contributed by atoms with Crippen LogP contribution in [0, 0.1) is 0 Å². The molecule has 0 unspecified atom stereocenters. The molecule has 0 aliphatic heterocycles. The number of rotatable bonds is 7. The molecule has 1 rings (SSSR count). The van der Waals surface area contributed by atoms with Crippen molar-refractivity contribution < 1.29 is 8.42 Å². The molecule has 0 amide bonds. The van der Waals surface area contributed by atoms with E-state index in [1.54, 1.807) is 6.07 Å². The summed E-state index contributed by atoms with van der Waals surface area (Å²) in [4.78, 5) is 0.336. The molecule has 0 atom stereocenters. The second kappa shape index (κ2) is 6.91. The van der Waals surface area contributed by atoms with Gasteiger partial charge in [0.25, 0.3) is 0 Å². The largest absolute Gasteiger partial charge is 0.398 e. The summed E-state index contributed by atoms with van der Waals surface area (Å²) in [6.07, 6.45) is 3.18. The molecule has 1 aromatic carbocycles. The van der Waals surface area contributed by atoms with Crippen LogP contribution in [-0.2, 0) is 22.9 Å².